The molecule has 0 spiro atoms. The highest BCUT2D eigenvalue weighted by atomic mass is 16.5. The normalized spacial score (nSPS) is 15.0. The van der Waals surface area contributed by atoms with E-state index in [1.54, 1.807) is 7.05 Å². The molecular formula is C13H20N2O2. The molecule has 17 heavy (non-hydrogen) atoms. The van der Waals surface area contributed by atoms with Crippen molar-refractivity contribution in [3.05, 3.63) is 23.0 Å². The average Bonchev–Trinajstić information content (AvgIpc) is 3.05. The van der Waals surface area contributed by atoms with Gasteiger partial charge in [0, 0.05) is 23.0 Å². The molecule has 0 aliphatic heterocycles. The Kier molecular flexibility index (Phi) is 3.52. The van der Waals surface area contributed by atoms with Crippen molar-refractivity contribution in [3.63, 3.8) is 0 Å². The molecule has 1 aromatic heterocycles. The highest BCUT2D eigenvalue weighted by Gasteiger charge is 2.27. The summed E-state index contributed by atoms with van der Waals surface area (Å²) in [5.41, 5.74) is 3.63. The van der Waals surface area contributed by atoms with Crippen molar-refractivity contribution in [2.24, 2.45) is 0 Å². The summed E-state index contributed by atoms with van der Waals surface area (Å²) in [4.78, 5) is 11.3. The van der Waals surface area contributed by atoms with Crippen molar-refractivity contribution >= 4 is 5.97 Å². The van der Waals surface area contributed by atoms with E-state index in [0.717, 1.165) is 5.56 Å². The molecule has 0 radical (unpaired) electrons. The quantitative estimate of drug-likeness (QED) is 0.791. The summed E-state index contributed by atoms with van der Waals surface area (Å²) >= 11 is 0. The molecule has 1 saturated carbocycles. The minimum Gasteiger partial charge on any atom is -0.460 e. The van der Waals surface area contributed by atoms with E-state index < -0.39 is 0 Å². The van der Waals surface area contributed by atoms with Gasteiger partial charge in [-0.05, 0) is 39.8 Å². The molecule has 2 rings (SSSR count). The molecule has 1 fully saturated rings. The number of likely N-dealkylation sites (N-methyl/N-ethyl adjacent to an activating group) is 1. The molecule has 0 aromatic carbocycles. The Morgan fingerprint density at radius 2 is 2.24 bits per heavy atom. The van der Waals surface area contributed by atoms with Crippen LogP contribution in [0.4, 0.5) is 0 Å². The Hall–Kier alpha value is -1.29. The standard InChI is InChI=1S/C13H20N2O2/c1-9-6-11(8-17-13(16)7-14-3)10(2)15(9)12-4-5-12/h6,12,14H,4-5,7-8H2,1-3H3. The minimum atomic E-state index is -0.205. The van der Waals surface area contributed by atoms with Gasteiger partial charge in [-0.2, -0.15) is 0 Å². The van der Waals surface area contributed by atoms with Crippen LogP contribution < -0.4 is 5.32 Å². The van der Waals surface area contributed by atoms with Gasteiger partial charge in [-0.3, -0.25) is 4.79 Å². The van der Waals surface area contributed by atoms with E-state index >= 15 is 0 Å². The molecule has 4 nitrogen and oxygen atoms in total. The molecule has 0 bridgehead atoms. The molecule has 4 heteroatoms. The minimum absolute atomic E-state index is 0.205. The number of rotatable bonds is 5. The van der Waals surface area contributed by atoms with Crippen molar-refractivity contribution in [1.29, 1.82) is 0 Å². The number of carbonyl (C=O) groups is 1. The molecule has 1 aliphatic carbocycles. The molecule has 0 unspecified atom stereocenters. The van der Waals surface area contributed by atoms with Gasteiger partial charge in [0.15, 0.2) is 0 Å². The van der Waals surface area contributed by atoms with Gasteiger partial charge in [0.1, 0.15) is 6.61 Å². The SMILES string of the molecule is CNCC(=O)OCc1cc(C)n(C2CC2)c1C. The maximum Gasteiger partial charge on any atom is 0.320 e. The Morgan fingerprint density at radius 1 is 1.53 bits per heavy atom. The third-order valence-electron chi connectivity index (χ3n) is 3.21. The lowest BCUT2D eigenvalue weighted by molar-refractivity contribution is -0.143. The summed E-state index contributed by atoms with van der Waals surface area (Å²) in [5.74, 6) is -0.205. The number of aromatic nitrogens is 1. The second-order valence-corrected chi connectivity index (χ2v) is 4.69. The fourth-order valence-electron chi connectivity index (χ4n) is 2.24. The van der Waals surface area contributed by atoms with Crippen molar-refractivity contribution in [1.82, 2.24) is 9.88 Å². The van der Waals surface area contributed by atoms with Crippen LogP contribution in [0.15, 0.2) is 6.07 Å². The van der Waals surface area contributed by atoms with Crippen LogP contribution >= 0.6 is 0 Å². The lowest BCUT2D eigenvalue weighted by Crippen LogP contribution is -2.20. The third-order valence-corrected chi connectivity index (χ3v) is 3.21. The zero-order valence-electron chi connectivity index (χ0n) is 10.7. The van der Waals surface area contributed by atoms with Gasteiger partial charge in [0.05, 0.1) is 6.54 Å². The summed E-state index contributed by atoms with van der Waals surface area (Å²) in [6, 6.07) is 2.80. The monoisotopic (exact) mass is 236 g/mol. The molecule has 0 saturated heterocycles. The number of ether oxygens (including phenoxy) is 1. The van der Waals surface area contributed by atoms with E-state index in [9.17, 15) is 4.79 Å². The number of carbonyl (C=O) groups excluding carboxylic acids is 1. The molecule has 1 aliphatic rings. The Morgan fingerprint density at radius 3 is 2.82 bits per heavy atom. The number of hydrogen-bond donors (Lipinski definition) is 1. The van der Waals surface area contributed by atoms with Gasteiger partial charge in [0.25, 0.3) is 0 Å². The summed E-state index contributed by atoms with van der Waals surface area (Å²) in [5, 5.41) is 2.78. The number of esters is 1. The van der Waals surface area contributed by atoms with Crippen LogP contribution in [0.2, 0.25) is 0 Å². The summed E-state index contributed by atoms with van der Waals surface area (Å²) in [7, 11) is 1.74. The third kappa shape index (κ3) is 2.69. The zero-order valence-corrected chi connectivity index (χ0v) is 10.7. The van der Waals surface area contributed by atoms with Crippen LogP contribution in [0.3, 0.4) is 0 Å². The second kappa shape index (κ2) is 4.92. The van der Waals surface area contributed by atoms with Crippen molar-refractivity contribution in [2.45, 2.75) is 39.3 Å². The molecule has 0 atom stereocenters. The van der Waals surface area contributed by atoms with E-state index in [1.807, 2.05) is 0 Å². The van der Waals surface area contributed by atoms with E-state index in [-0.39, 0.29) is 12.5 Å². The fraction of sp³-hybridized carbons (Fsp3) is 0.615. The molecule has 1 heterocycles. The van der Waals surface area contributed by atoms with Gasteiger partial charge in [-0.25, -0.2) is 0 Å². The first-order valence-electron chi connectivity index (χ1n) is 6.11. The highest BCUT2D eigenvalue weighted by molar-refractivity contribution is 5.71. The first kappa shape index (κ1) is 12.2. The zero-order chi connectivity index (χ0) is 12.4. The largest absolute Gasteiger partial charge is 0.460 e. The fourth-order valence-corrected chi connectivity index (χ4v) is 2.24. The van der Waals surface area contributed by atoms with Crippen LogP contribution in [0.25, 0.3) is 0 Å². The van der Waals surface area contributed by atoms with Gasteiger partial charge in [-0.15, -0.1) is 0 Å². The lowest BCUT2D eigenvalue weighted by Gasteiger charge is -2.08. The molecule has 94 valence electrons. The van der Waals surface area contributed by atoms with E-state index in [0.29, 0.717) is 12.6 Å². The van der Waals surface area contributed by atoms with Crippen LogP contribution in [-0.4, -0.2) is 24.1 Å². The Bertz CT molecular complexity index is 419. The van der Waals surface area contributed by atoms with E-state index in [4.69, 9.17) is 4.74 Å². The number of nitrogens with zero attached hydrogens (tertiary/aromatic N) is 1. The van der Waals surface area contributed by atoms with Crippen molar-refractivity contribution in [2.75, 3.05) is 13.6 Å². The molecule has 0 amide bonds. The van der Waals surface area contributed by atoms with Crippen LogP contribution in [0.1, 0.15) is 35.8 Å². The maximum absolute atomic E-state index is 11.3. The molecule has 1 aromatic rings. The first-order valence-corrected chi connectivity index (χ1v) is 6.11. The first-order chi connectivity index (χ1) is 8.13. The summed E-state index contributed by atoms with van der Waals surface area (Å²) in [6.45, 7) is 4.87. The van der Waals surface area contributed by atoms with Crippen LogP contribution in [-0.2, 0) is 16.1 Å². The Labute approximate surface area is 102 Å². The topological polar surface area (TPSA) is 43.3 Å². The maximum atomic E-state index is 11.3. The smallest absolute Gasteiger partial charge is 0.320 e. The van der Waals surface area contributed by atoms with Crippen LogP contribution in [0.5, 0.6) is 0 Å². The number of nitrogens with one attached hydrogen (secondary N) is 1. The van der Waals surface area contributed by atoms with Crippen molar-refractivity contribution in [3.8, 4) is 0 Å². The number of aryl methyl sites for hydroxylation is 1. The van der Waals surface area contributed by atoms with Gasteiger partial charge >= 0.3 is 5.97 Å². The van der Waals surface area contributed by atoms with Gasteiger partial charge in [-0.1, -0.05) is 0 Å². The number of hydrogen-bond acceptors (Lipinski definition) is 3. The molecule has 1 N–H and O–H groups in total. The van der Waals surface area contributed by atoms with Crippen molar-refractivity contribution < 1.29 is 9.53 Å². The Balaban J connectivity index is 2.01. The highest BCUT2D eigenvalue weighted by Crippen LogP contribution is 2.38. The second-order valence-electron chi connectivity index (χ2n) is 4.69. The van der Waals surface area contributed by atoms with Gasteiger partial charge < -0.3 is 14.6 Å². The average molecular weight is 236 g/mol. The van der Waals surface area contributed by atoms with E-state index in [2.05, 4.69) is 29.8 Å². The summed E-state index contributed by atoms with van der Waals surface area (Å²) < 4.78 is 7.57. The molecular weight excluding hydrogens is 216 g/mol. The predicted octanol–water partition coefficient (Wildman–Crippen LogP) is 1.70. The van der Waals surface area contributed by atoms with Crippen LogP contribution in [0, 0.1) is 13.8 Å². The van der Waals surface area contributed by atoms with E-state index in [1.165, 1.54) is 24.2 Å². The predicted molar refractivity (Wildman–Crippen MR) is 65.9 cm³/mol. The lowest BCUT2D eigenvalue weighted by atomic mass is 10.2. The van der Waals surface area contributed by atoms with Gasteiger partial charge in [0.2, 0.25) is 0 Å². The summed E-state index contributed by atoms with van der Waals surface area (Å²) in [6.07, 6.45) is 2.55.